The monoisotopic (exact) mass is 433 g/mol. The first-order chi connectivity index (χ1) is 15.0. The van der Waals surface area contributed by atoms with E-state index in [2.05, 4.69) is 10.3 Å². The summed E-state index contributed by atoms with van der Waals surface area (Å²) in [6, 6.07) is 14.8. The van der Waals surface area contributed by atoms with Crippen LogP contribution in [0, 0.1) is 12.7 Å². The number of nitrogens with zero attached hydrogens (tertiary/aromatic N) is 2. The number of thiazole rings is 1. The molecule has 2 aromatic carbocycles. The number of rotatable bonds is 4. The minimum atomic E-state index is -0.669. The molecule has 0 unspecified atom stereocenters. The zero-order valence-corrected chi connectivity index (χ0v) is 17.2. The molecule has 0 aliphatic rings. The lowest BCUT2D eigenvalue weighted by Crippen LogP contribution is -2.27. The van der Waals surface area contributed by atoms with E-state index in [-0.39, 0.29) is 17.9 Å². The SMILES string of the molecule is Cc1c(CNC(=O)c2cc3ccccc3oc2=O)sc2nc(-c3ccc(F)cc3)cn12. The lowest BCUT2D eigenvalue weighted by molar-refractivity contribution is 0.0947. The fourth-order valence-electron chi connectivity index (χ4n) is 3.39. The summed E-state index contributed by atoms with van der Waals surface area (Å²) in [7, 11) is 0. The van der Waals surface area contributed by atoms with Crippen LogP contribution in [-0.2, 0) is 6.54 Å². The van der Waals surface area contributed by atoms with Crippen LogP contribution in [0.25, 0.3) is 27.2 Å². The Morgan fingerprint density at radius 3 is 2.74 bits per heavy atom. The number of nitrogens with one attached hydrogen (secondary N) is 1. The van der Waals surface area contributed by atoms with E-state index in [0.29, 0.717) is 11.0 Å². The van der Waals surface area contributed by atoms with Crippen molar-refractivity contribution in [1.82, 2.24) is 14.7 Å². The van der Waals surface area contributed by atoms with Crippen LogP contribution in [0.1, 0.15) is 20.9 Å². The summed E-state index contributed by atoms with van der Waals surface area (Å²) in [6.07, 6.45) is 1.89. The van der Waals surface area contributed by atoms with E-state index < -0.39 is 11.5 Å². The van der Waals surface area contributed by atoms with Gasteiger partial charge in [-0.1, -0.05) is 29.5 Å². The number of hydrogen-bond acceptors (Lipinski definition) is 5. The Morgan fingerprint density at radius 2 is 1.97 bits per heavy atom. The number of carbonyl (C=O) groups is 1. The molecule has 1 N–H and O–H groups in total. The van der Waals surface area contributed by atoms with Gasteiger partial charge in [0.2, 0.25) is 0 Å². The highest BCUT2D eigenvalue weighted by Gasteiger charge is 2.16. The van der Waals surface area contributed by atoms with E-state index in [0.717, 1.165) is 26.8 Å². The number of fused-ring (bicyclic) bond motifs is 2. The first-order valence-corrected chi connectivity index (χ1v) is 10.4. The molecular formula is C23H16FN3O3S. The maximum absolute atomic E-state index is 13.2. The third kappa shape index (κ3) is 3.51. The van der Waals surface area contributed by atoms with Gasteiger partial charge >= 0.3 is 5.63 Å². The van der Waals surface area contributed by atoms with Gasteiger partial charge in [-0.05, 0) is 43.3 Å². The van der Waals surface area contributed by atoms with Crippen molar-refractivity contribution in [3.63, 3.8) is 0 Å². The van der Waals surface area contributed by atoms with E-state index >= 15 is 0 Å². The van der Waals surface area contributed by atoms with Gasteiger partial charge in [-0.2, -0.15) is 0 Å². The molecule has 0 saturated carbocycles. The van der Waals surface area contributed by atoms with Crippen LogP contribution in [0.3, 0.4) is 0 Å². The maximum atomic E-state index is 13.2. The van der Waals surface area contributed by atoms with Crippen molar-refractivity contribution in [3.8, 4) is 11.3 Å². The minimum Gasteiger partial charge on any atom is -0.422 e. The van der Waals surface area contributed by atoms with Crippen LogP contribution in [0.2, 0.25) is 0 Å². The van der Waals surface area contributed by atoms with E-state index in [9.17, 15) is 14.0 Å². The molecule has 0 spiro atoms. The van der Waals surface area contributed by atoms with E-state index in [4.69, 9.17) is 4.42 Å². The summed E-state index contributed by atoms with van der Waals surface area (Å²) in [5.41, 5.74) is 2.26. The number of amides is 1. The summed E-state index contributed by atoms with van der Waals surface area (Å²) < 4.78 is 20.3. The molecule has 0 radical (unpaired) electrons. The molecule has 154 valence electrons. The minimum absolute atomic E-state index is 0.0312. The summed E-state index contributed by atoms with van der Waals surface area (Å²) in [6.45, 7) is 2.20. The first-order valence-electron chi connectivity index (χ1n) is 9.54. The normalized spacial score (nSPS) is 11.3. The average Bonchev–Trinajstić information content (AvgIpc) is 3.31. The van der Waals surface area contributed by atoms with Crippen molar-refractivity contribution in [2.45, 2.75) is 13.5 Å². The quantitative estimate of drug-likeness (QED) is 0.422. The molecule has 5 aromatic rings. The summed E-state index contributed by atoms with van der Waals surface area (Å²) >= 11 is 1.45. The third-order valence-corrected chi connectivity index (χ3v) is 6.25. The standard InChI is InChI=1S/C23H16FN3O3S/c1-13-20(31-23-26-18(12-27(13)23)14-6-8-16(24)9-7-14)11-25-21(28)17-10-15-4-2-3-5-19(15)30-22(17)29/h2-10,12H,11H2,1H3,(H,25,28). The predicted molar refractivity (Wildman–Crippen MR) is 117 cm³/mol. The highest BCUT2D eigenvalue weighted by molar-refractivity contribution is 7.17. The molecule has 8 heteroatoms. The second-order valence-electron chi connectivity index (χ2n) is 7.06. The molecule has 31 heavy (non-hydrogen) atoms. The molecule has 3 aromatic heterocycles. The predicted octanol–water partition coefficient (Wildman–Crippen LogP) is 4.55. The molecule has 3 heterocycles. The number of aromatic nitrogens is 2. The smallest absolute Gasteiger partial charge is 0.349 e. The average molecular weight is 433 g/mol. The lowest BCUT2D eigenvalue weighted by Gasteiger charge is -2.05. The van der Waals surface area contributed by atoms with Crippen molar-refractivity contribution in [1.29, 1.82) is 0 Å². The number of imidazole rings is 1. The van der Waals surface area contributed by atoms with Gasteiger partial charge in [0, 0.05) is 27.7 Å². The van der Waals surface area contributed by atoms with Gasteiger partial charge in [0.05, 0.1) is 12.2 Å². The number of benzene rings is 2. The largest absolute Gasteiger partial charge is 0.422 e. The zero-order valence-electron chi connectivity index (χ0n) is 16.4. The molecule has 6 nitrogen and oxygen atoms in total. The molecule has 0 atom stereocenters. The Labute approximate surface area is 179 Å². The topological polar surface area (TPSA) is 76.6 Å². The molecule has 0 fully saturated rings. The Bertz CT molecular complexity index is 1500. The summed E-state index contributed by atoms with van der Waals surface area (Å²) in [5.74, 6) is -0.781. The lowest BCUT2D eigenvalue weighted by atomic mass is 10.2. The molecular weight excluding hydrogens is 417 g/mol. The molecule has 0 aliphatic heterocycles. The van der Waals surface area contributed by atoms with Gasteiger partial charge in [-0.15, -0.1) is 0 Å². The number of halogens is 1. The molecule has 0 saturated heterocycles. The van der Waals surface area contributed by atoms with E-state index in [1.807, 2.05) is 23.6 Å². The number of para-hydroxylation sites is 1. The van der Waals surface area contributed by atoms with Gasteiger partial charge < -0.3 is 9.73 Å². The fourth-order valence-corrected chi connectivity index (χ4v) is 4.44. The van der Waals surface area contributed by atoms with Gasteiger partial charge in [-0.25, -0.2) is 14.2 Å². The number of hydrogen-bond donors (Lipinski definition) is 1. The first kappa shape index (κ1) is 19.2. The highest BCUT2D eigenvalue weighted by atomic mass is 32.1. The highest BCUT2D eigenvalue weighted by Crippen LogP contribution is 2.27. The second kappa shape index (κ2) is 7.48. The van der Waals surface area contributed by atoms with Crippen LogP contribution < -0.4 is 10.9 Å². The Morgan fingerprint density at radius 1 is 1.19 bits per heavy atom. The summed E-state index contributed by atoms with van der Waals surface area (Å²) in [5, 5.41) is 3.48. The van der Waals surface area contributed by atoms with Crippen LogP contribution in [-0.4, -0.2) is 15.3 Å². The Hall–Kier alpha value is -3.78. The van der Waals surface area contributed by atoms with Crippen LogP contribution in [0.5, 0.6) is 0 Å². The van der Waals surface area contributed by atoms with Crippen LogP contribution in [0.4, 0.5) is 4.39 Å². The van der Waals surface area contributed by atoms with E-state index in [1.165, 1.54) is 23.5 Å². The number of carbonyl (C=O) groups excluding carboxylic acids is 1. The Kier molecular flexibility index (Phi) is 4.63. The molecule has 0 bridgehead atoms. The third-order valence-electron chi connectivity index (χ3n) is 5.09. The van der Waals surface area contributed by atoms with Crippen molar-refractivity contribution in [3.05, 3.63) is 93.2 Å². The fraction of sp³-hybridized carbons (Fsp3) is 0.0870. The molecule has 1 amide bonds. The van der Waals surface area contributed by atoms with Gasteiger partial charge in [0.15, 0.2) is 4.96 Å². The second-order valence-corrected chi connectivity index (χ2v) is 8.13. The summed E-state index contributed by atoms with van der Waals surface area (Å²) in [4.78, 5) is 31.1. The van der Waals surface area contributed by atoms with Crippen LogP contribution >= 0.6 is 11.3 Å². The number of aryl methyl sites for hydroxylation is 1. The molecule has 5 rings (SSSR count). The Balaban J connectivity index is 1.37. The van der Waals surface area contributed by atoms with Crippen molar-refractivity contribution in [2.24, 2.45) is 0 Å². The van der Waals surface area contributed by atoms with Gasteiger partial charge in [0.1, 0.15) is 17.0 Å². The van der Waals surface area contributed by atoms with Gasteiger partial charge in [0.25, 0.3) is 5.91 Å². The van der Waals surface area contributed by atoms with Crippen molar-refractivity contribution >= 4 is 33.2 Å². The van der Waals surface area contributed by atoms with Crippen LogP contribution in [0.15, 0.2) is 70.0 Å². The van der Waals surface area contributed by atoms with E-state index in [1.54, 1.807) is 36.4 Å². The van der Waals surface area contributed by atoms with Crippen molar-refractivity contribution in [2.75, 3.05) is 0 Å². The molecule has 0 aliphatic carbocycles. The van der Waals surface area contributed by atoms with Crippen molar-refractivity contribution < 1.29 is 13.6 Å². The van der Waals surface area contributed by atoms with Gasteiger partial charge in [-0.3, -0.25) is 9.20 Å². The zero-order chi connectivity index (χ0) is 21.5. The maximum Gasteiger partial charge on any atom is 0.349 e.